The molecule has 2 rings (SSSR count). The van der Waals surface area contributed by atoms with Crippen LogP contribution < -0.4 is 10.5 Å². The van der Waals surface area contributed by atoms with E-state index in [4.69, 9.17) is 10.5 Å². The number of nitrogens with one attached hydrogen (secondary N) is 1. The summed E-state index contributed by atoms with van der Waals surface area (Å²) in [6, 6.07) is -0.595. The van der Waals surface area contributed by atoms with Crippen molar-refractivity contribution < 1.29 is 13.2 Å². The number of rotatable bonds is 6. The fourth-order valence-electron chi connectivity index (χ4n) is 2.36. The monoisotopic (exact) mass is 302 g/mol. The first-order chi connectivity index (χ1) is 9.39. The molecule has 0 bridgehead atoms. The Morgan fingerprint density at radius 2 is 2.25 bits per heavy atom. The highest BCUT2D eigenvalue weighted by molar-refractivity contribution is 7.89. The van der Waals surface area contributed by atoms with Crippen LogP contribution in [0.3, 0.4) is 0 Å². The van der Waals surface area contributed by atoms with Gasteiger partial charge in [0.1, 0.15) is 5.82 Å². The molecule has 0 amide bonds. The van der Waals surface area contributed by atoms with Crippen LogP contribution >= 0.6 is 0 Å². The zero-order valence-corrected chi connectivity index (χ0v) is 12.9. The summed E-state index contributed by atoms with van der Waals surface area (Å²) in [5.41, 5.74) is 5.86. The fraction of sp³-hybridized carbons (Fsp3) is 0.750. The Balaban J connectivity index is 2.14. The van der Waals surface area contributed by atoms with Crippen molar-refractivity contribution in [2.45, 2.75) is 57.0 Å². The maximum absolute atomic E-state index is 12.3. The van der Waals surface area contributed by atoms with E-state index in [9.17, 15) is 8.42 Å². The molecule has 1 fully saturated rings. The van der Waals surface area contributed by atoms with Crippen molar-refractivity contribution in [3.8, 4) is 0 Å². The van der Waals surface area contributed by atoms with Crippen LogP contribution in [0.25, 0.3) is 0 Å². The summed E-state index contributed by atoms with van der Waals surface area (Å²) in [7, 11) is -3.66. The van der Waals surface area contributed by atoms with Gasteiger partial charge in [0.15, 0.2) is 5.03 Å². The molecule has 1 aromatic heterocycles. The van der Waals surface area contributed by atoms with Gasteiger partial charge in [-0.3, -0.25) is 0 Å². The van der Waals surface area contributed by atoms with E-state index in [0.717, 1.165) is 0 Å². The molecule has 114 valence electrons. The van der Waals surface area contributed by atoms with Gasteiger partial charge in [-0.1, -0.05) is 0 Å². The third-order valence-electron chi connectivity index (χ3n) is 3.61. The highest BCUT2D eigenvalue weighted by atomic mass is 32.2. The minimum atomic E-state index is -3.66. The van der Waals surface area contributed by atoms with Gasteiger partial charge in [-0.25, -0.2) is 18.1 Å². The number of nitrogens with zero attached hydrogens (tertiary/aromatic N) is 2. The SMILES string of the molecule is CCOC1CC(N)C1NS(=O)(=O)c1cn(CC)c(C)n1. The number of nitrogens with two attached hydrogens (primary N) is 1. The summed E-state index contributed by atoms with van der Waals surface area (Å²) in [5, 5.41) is 0.0335. The summed E-state index contributed by atoms with van der Waals surface area (Å²) in [6.45, 7) is 6.81. The molecule has 1 saturated carbocycles. The molecule has 0 spiro atoms. The summed E-state index contributed by atoms with van der Waals surface area (Å²) in [5.74, 6) is 0.673. The molecule has 7 nitrogen and oxygen atoms in total. The Labute approximate surface area is 119 Å². The predicted octanol–water partition coefficient (Wildman–Crippen LogP) is -0.00558. The van der Waals surface area contributed by atoms with E-state index in [1.165, 1.54) is 6.20 Å². The lowest BCUT2D eigenvalue weighted by atomic mass is 9.84. The summed E-state index contributed by atoms with van der Waals surface area (Å²) in [4.78, 5) is 4.09. The van der Waals surface area contributed by atoms with Gasteiger partial charge >= 0.3 is 0 Å². The summed E-state index contributed by atoms with van der Waals surface area (Å²) < 4.78 is 34.5. The largest absolute Gasteiger partial charge is 0.377 e. The Kier molecular flexibility index (Phi) is 4.48. The lowest BCUT2D eigenvalue weighted by Gasteiger charge is -2.41. The molecule has 1 aliphatic rings. The second-order valence-corrected chi connectivity index (χ2v) is 6.61. The third kappa shape index (κ3) is 2.88. The average Bonchev–Trinajstić information content (AvgIpc) is 2.78. The van der Waals surface area contributed by atoms with Crippen molar-refractivity contribution in [1.82, 2.24) is 14.3 Å². The maximum Gasteiger partial charge on any atom is 0.259 e. The molecule has 3 atom stereocenters. The minimum Gasteiger partial charge on any atom is -0.377 e. The van der Waals surface area contributed by atoms with E-state index < -0.39 is 10.0 Å². The van der Waals surface area contributed by atoms with Crippen LogP contribution in [0.15, 0.2) is 11.2 Å². The molecule has 1 heterocycles. The molecule has 1 aliphatic carbocycles. The van der Waals surface area contributed by atoms with Gasteiger partial charge in [0.05, 0.1) is 12.1 Å². The lowest BCUT2D eigenvalue weighted by molar-refractivity contribution is -0.0248. The Bertz CT molecular complexity index is 567. The predicted molar refractivity (Wildman–Crippen MR) is 74.8 cm³/mol. The number of aromatic nitrogens is 2. The fourth-order valence-corrected chi connectivity index (χ4v) is 3.68. The molecule has 0 saturated heterocycles. The van der Waals surface area contributed by atoms with E-state index >= 15 is 0 Å². The van der Waals surface area contributed by atoms with Crippen molar-refractivity contribution in [2.24, 2.45) is 5.73 Å². The van der Waals surface area contributed by atoms with Crippen molar-refractivity contribution in [3.05, 3.63) is 12.0 Å². The number of sulfonamides is 1. The zero-order valence-electron chi connectivity index (χ0n) is 12.0. The van der Waals surface area contributed by atoms with E-state index in [1.807, 2.05) is 13.8 Å². The molecular weight excluding hydrogens is 280 g/mol. The Hall–Kier alpha value is -0.960. The van der Waals surface area contributed by atoms with Crippen molar-refractivity contribution >= 4 is 10.0 Å². The molecule has 20 heavy (non-hydrogen) atoms. The smallest absolute Gasteiger partial charge is 0.259 e. The molecule has 0 aliphatic heterocycles. The average molecular weight is 302 g/mol. The van der Waals surface area contributed by atoms with Gasteiger partial charge in [-0.2, -0.15) is 0 Å². The minimum absolute atomic E-state index is 0.0335. The number of hydrogen-bond donors (Lipinski definition) is 2. The van der Waals surface area contributed by atoms with Crippen LogP contribution in [0.4, 0.5) is 0 Å². The molecule has 3 unspecified atom stereocenters. The van der Waals surface area contributed by atoms with Gasteiger partial charge < -0.3 is 15.0 Å². The molecule has 1 aromatic rings. The highest BCUT2D eigenvalue weighted by Gasteiger charge is 2.42. The zero-order chi connectivity index (χ0) is 14.9. The van der Waals surface area contributed by atoms with Crippen LogP contribution in [-0.2, 0) is 21.3 Å². The lowest BCUT2D eigenvalue weighted by Crippen LogP contribution is -2.64. The van der Waals surface area contributed by atoms with Crippen LogP contribution in [0.1, 0.15) is 26.1 Å². The van der Waals surface area contributed by atoms with Crippen molar-refractivity contribution in [2.75, 3.05) is 6.61 Å². The first-order valence-electron chi connectivity index (χ1n) is 6.82. The van der Waals surface area contributed by atoms with Crippen LogP contribution in [0, 0.1) is 6.92 Å². The quantitative estimate of drug-likeness (QED) is 0.770. The number of imidazole rings is 1. The normalized spacial score (nSPS) is 26.5. The molecular formula is C12H22N4O3S. The van der Waals surface area contributed by atoms with Crippen LogP contribution in [0.2, 0.25) is 0 Å². The second-order valence-electron chi connectivity index (χ2n) is 4.95. The summed E-state index contributed by atoms with van der Waals surface area (Å²) >= 11 is 0. The number of hydrogen-bond acceptors (Lipinski definition) is 5. The van der Waals surface area contributed by atoms with Gasteiger partial charge in [-0.15, -0.1) is 0 Å². The Morgan fingerprint density at radius 1 is 1.55 bits per heavy atom. The van der Waals surface area contributed by atoms with Crippen LogP contribution in [-0.4, -0.2) is 42.8 Å². The van der Waals surface area contributed by atoms with E-state index in [-0.39, 0.29) is 23.2 Å². The number of ether oxygens (including phenoxy) is 1. The molecule has 8 heteroatoms. The van der Waals surface area contributed by atoms with E-state index in [2.05, 4.69) is 9.71 Å². The topological polar surface area (TPSA) is 99.2 Å². The van der Waals surface area contributed by atoms with Gasteiger partial charge in [0.25, 0.3) is 10.0 Å². The first kappa shape index (κ1) is 15.4. The highest BCUT2D eigenvalue weighted by Crippen LogP contribution is 2.24. The van der Waals surface area contributed by atoms with Crippen molar-refractivity contribution in [3.63, 3.8) is 0 Å². The molecule has 0 aromatic carbocycles. The summed E-state index contributed by atoms with van der Waals surface area (Å²) in [6.07, 6.45) is 2.06. The van der Waals surface area contributed by atoms with E-state index in [1.54, 1.807) is 11.5 Å². The Morgan fingerprint density at radius 3 is 2.75 bits per heavy atom. The number of aryl methyl sites for hydroxylation is 2. The van der Waals surface area contributed by atoms with Crippen LogP contribution in [0.5, 0.6) is 0 Å². The molecule has 0 radical (unpaired) electrons. The van der Waals surface area contributed by atoms with E-state index in [0.29, 0.717) is 25.4 Å². The maximum atomic E-state index is 12.3. The standard InChI is InChI=1S/C12H22N4O3S/c1-4-16-7-11(14-8(16)3)20(17,18)15-12-9(13)6-10(12)19-5-2/h7,9-10,12,15H,4-6,13H2,1-3H3. The second kappa shape index (κ2) is 5.80. The molecule has 3 N–H and O–H groups in total. The first-order valence-corrected chi connectivity index (χ1v) is 8.30. The van der Waals surface area contributed by atoms with Gasteiger partial charge in [-0.05, 0) is 27.2 Å². The van der Waals surface area contributed by atoms with Gasteiger partial charge in [0.2, 0.25) is 0 Å². The third-order valence-corrected chi connectivity index (χ3v) is 4.94. The van der Waals surface area contributed by atoms with Crippen molar-refractivity contribution in [1.29, 1.82) is 0 Å². The van der Waals surface area contributed by atoms with Gasteiger partial charge in [0, 0.05) is 25.4 Å².